The Morgan fingerprint density at radius 1 is 1.07 bits per heavy atom. The van der Waals surface area contributed by atoms with Crippen LogP contribution in [0.5, 0.6) is 0 Å². The molecule has 1 aliphatic heterocycles. The Hall–Kier alpha value is -2.37. The quantitative estimate of drug-likeness (QED) is 0.835. The molecular weight excluding hydrogens is 350 g/mol. The highest BCUT2D eigenvalue weighted by Gasteiger charge is 2.23. The van der Waals surface area contributed by atoms with E-state index in [2.05, 4.69) is 45.4 Å². The summed E-state index contributed by atoms with van der Waals surface area (Å²) in [5.74, 6) is -0.0185. The summed E-state index contributed by atoms with van der Waals surface area (Å²) in [4.78, 5) is 17.2. The van der Waals surface area contributed by atoms with Gasteiger partial charge in [0.15, 0.2) is 0 Å². The van der Waals surface area contributed by atoms with Crippen molar-refractivity contribution in [2.45, 2.75) is 19.9 Å². The predicted molar refractivity (Wildman–Crippen MR) is 114 cm³/mol. The molecule has 1 amide bonds. The van der Waals surface area contributed by atoms with E-state index in [-0.39, 0.29) is 11.9 Å². The number of ether oxygens (including phenoxy) is 1. The van der Waals surface area contributed by atoms with Gasteiger partial charge in [-0.25, -0.2) is 0 Å². The Labute approximate surface area is 168 Å². The molecule has 5 heteroatoms. The highest BCUT2D eigenvalue weighted by atomic mass is 16.5. The smallest absolute Gasteiger partial charge is 0.251 e. The molecule has 1 atom stereocenters. The molecule has 0 aliphatic carbocycles. The number of hydrogen-bond acceptors (Lipinski definition) is 4. The van der Waals surface area contributed by atoms with E-state index in [1.54, 1.807) is 0 Å². The fourth-order valence-electron chi connectivity index (χ4n) is 3.74. The SMILES string of the molecule is Cc1cc(C)cc(C(=O)NCC(c2ccc(N(C)C)cc2)N2CCOCC2)c1. The number of morpholine rings is 1. The molecule has 0 aromatic heterocycles. The number of nitrogens with zero attached hydrogens (tertiary/aromatic N) is 2. The molecule has 28 heavy (non-hydrogen) atoms. The molecule has 5 nitrogen and oxygen atoms in total. The average Bonchev–Trinajstić information content (AvgIpc) is 2.68. The lowest BCUT2D eigenvalue weighted by atomic mass is 10.0. The lowest BCUT2D eigenvalue weighted by molar-refractivity contribution is 0.0162. The highest BCUT2D eigenvalue weighted by Crippen LogP contribution is 2.24. The van der Waals surface area contributed by atoms with Crippen molar-refractivity contribution in [3.8, 4) is 0 Å². The van der Waals surface area contributed by atoms with E-state index in [0.29, 0.717) is 6.54 Å². The van der Waals surface area contributed by atoms with Crippen molar-refractivity contribution in [3.05, 3.63) is 64.7 Å². The number of nitrogens with one attached hydrogen (secondary N) is 1. The van der Waals surface area contributed by atoms with Crippen molar-refractivity contribution in [2.75, 3.05) is 51.8 Å². The van der Waals surface area contributed by atoms with Crippen molar-refractivity contribution < 1.29 is 9.53 Å². The summed E-state index contributed by atoms with van der Waals surface area (Å²) in [6.07, 6.45) is 0. The summed E-state index contributed by atoms with van der Waals surface area (Å²) < 4.78 is 5.52. The maximum Gasteiger partial charge on any atom is 0.251 e. The Bertz CT molecular complexity index is 776. The molecule has 0 spiro atoms. The summed E-state index contributed by atoms with van der Waals surface area (Å²) in [5.41, 5.74) is 5.32. The number of amides is 1. The number of benzene rings is 2. The maximum atomic E-state index is 12.8. The van der Waals surface area contributed by atoms with Crippen LogP contribution in [0.15, 0.2) is 42.5 Å². The van der Waals surface area contributed by atoms with Crippen molar-refractivity contribution in [1.29, 1.82) is 0 Å². The van der Waals surface area contributed by atoms with Crippen LogP contribution in [0, 0.1) is 13.8 Å². The number of aryl methyl sites for hydroxylation is 2. The lowest BCUT2D eigenvalue weighted by Gasteiger charge is -2.35. The van der Waals surface area contributed by atoms with E-state index < -0.39 is 0 Å². The minimum atomic E-state index is -0.0185. The molecule has 0 bridgehead atoms. The summed E-state index contributed by atoms with van der Waals surface area (Å²) in [7, 11) is 4.08. The lowest BCUT2D eigenvalue weighted by Crippen LogP contribution is -2.43. The molecule has 1 N–H and O–H groups in total. The molecule has 3 rings (SSSR count). The second kappa shape index (κ2) is 9.22. The highest BCUT2D eigenvalue weighted by molar-refractivity contribution is 5.94. The number of carbonyl (C=O) groups excluding carboxylic acids is 1. The van der Waals surface area contributed by atoms with Gasteiger partial charge in [0.05, 0.1) is 19.3 Å². The monoisotopic (exact) mass is 381 g/mol. The van der Waals surface area contributed by atoms with Gasteiger partial charge in [-0.05, 0) is 43.7 Å². The molecule has 1 heterocycles. The van der Waals surface area contributed by atoms with E-state index in [1.165, 1.54) is 11.3 Å². The van der Waals surface area contributed by atoms with Crippen LogP contribution < -0.4 is 10.2 Å². The molecule has 2 aromatic carbocycles. The largest absolute Gasteiger partial charge is 0.379 e. The van der Waals surface area contributed by atoms with Crippen LogP contribution in [0.2, 0.25) is 0 Å². The Morgan fingerprint density at radius 2 is 1.68 bits per heavy atom. The second-order valence-corrected chi connectivity index (χ2v) is 7.74. The third kappa shape index (κ3) is 5.12. The molecule has 1 unspecified atom stereocenters. The summed E-state index contributed by atoms with van der Waals surface area (Å²) in [6, 6.07) is 14.7. The van der Waals surface area contributed by atoms with Crippen molar-refractivity contribution in [2.24, 2.45) is 0 Å². The van der Waals surface area contributed by atoms with Crippen molar-refractivity contribution in [3.63, 3.8) is 0 Å². The summed E-state index contributed by atoms with van der Waals surface area (Å²) in [6.45, 7) is 7.83. The van der Waals surface area contributed by atoms with Gasteiger partial charge >= 0.3 is 0 Å². The van der Waals surface area contributed by atoms with Crippen LogP contribution in [0.1, 0.15) is 33.1 Å². The van der Waals surface area contributed by atoms with Crippen LogP contribution in [-0.2, 0) is 4.74 Å². The second-order valence-electron chi connectivity index (χ2n) is 7.74. The molecule has 1 saturated heterocycles. The molecule has 1 fully saturated rings. The van der Waals surface area contributed by atoms with E-state index in [9.17, 15) is 4.79 Å². The van der Waals surface area contributed by atoms with Gasteiger partial charge in [0.2, 0.25) is 0 Å². The van der Waals surface area contributed by atoms with Crippen LogP contribution in [0.4, 0.5) is 5.69 Å². The van der Waals surface area contributed by atoms with E-state index in [1.807, 2.05) is 40.1 Å². The van der Waals surface area contributed by atoms with Gasteiger partial charge in [0, 0.05) is 45.0 Å². The summed E-state index contributed by atoms with van der Waals surface area (Å²) >= 11 is 0. The molecule has 2 aromatic rings. The molecule has 1 aliphatic rings. The Balaban J connectivity index is 1.76. The fraction of sp³-hybridized carbons (Fsp3) is 0.435. The zero-order chi connectivity index (χ0) is 20.1. The van der Waals surface area contributed by atoms with Gasteiger partial charge in [-0.1, -0.05) is 29.3 Å². The number of rotatable bonds is 6. The fourth-order valence-corrected chi connectivity index (χ4v) is 3.74. The van der Waals surface area contributed by atoms with E-state index >= 15 is 0 Å². The van der Waals surface area contributed by atoms with Crippen molar-refractivity contribution in [1.82, 2.24) is 10.2 Å². The number of anilines is 1. The van der Waals surface area contributed by atoms with Crippen molar-refractivity contribution >= 4 is 11.6 Å². The molecular formula is C23H31N3O2. The zero-order valence-corrected chi connectivity index (χ0v) is 17.4. The average molecular weight is 382 g/mol. The normalized spacial score (nSPS) is 15.9. The number of carbonyl (C=O) groups is 1. The Kier molecular flexibility index (Phi) is 6.70. The first-order chi connectivity index (χ1) is 13.4. The van der Waals surface area contributed by atoms with Gasteiger partial charge in [-0.3, -0.25) is 9.69 Å². The first-order valence-electron chi connectivity index (χ1n) is 9.89. The Morgan fingerprint density at radius 3 is 2.25 bits per heavy atom. The molecule has 0 radical (unpaired) electrons. The van der Waals surface area contributed by atoms with Gasteiger partial charge in [0.1, 0.15) is 0 Å². The van der Waals surface area contributed by atoms with Crippen LogP contribution in [0.25, 0.3) is 0 Å². The predicted octanol–water partition coefficient (Wildman–Crippen LogP) is 3.17. The third-order valence-electron chi connectivity index (χ3n) is 5.22. The maximum absolute atomic E-state index is 12.8. The van der Waals surface area contributed by atoms with Gasteiger partial charge in [-0.15, -0.1) is 0 Å². The number of hydrogen-bond donors (Lipinski definition) is 1. The van der Waals surface area contributed by atoms with Gasteiger partial charge in [-0.2, -0.15) is 0 Å². The summed E-state index contributed by atoms with van der Waals surface area (Å²) in [5, 5.41) is 3.15. The molecule has 0 saturated carbocycles. The topological polar surface area (TPSA) is 44.8 Å². The van der Waals surface area contributed by atoms with E-state index in [4.69, 9.17) is 4.74 Å². The van der Waals surface area contributed by atoms with E-state index in [0.717, 1.165) is 43.0 Å². The van der Waals surface area contributed by atoms with Crippen LogP contribution in [-0.4, -0.2) is 57.8 Å². The van der Waals surface area contributed by atoms with Crippen LogP contribution in [0.3, 0.4) is 0 Å². The standard InChI is InChI=1S/C23H31N3O2/c1-17-13-18(2)15-20(14-17)23(27)24-16-22(26-9-11-28-12-10-26)19-5-7-21(8-6-19)25(3)4/h5-8,13-15,22H,9-12,16H2,1-4H3,(H,24,27). The minimum absolute atomic E-state index is 0.0185. The van der Waals surface area contributed by atoms with Crippen LogP contribution >= 0.6 is 0 Å². The molecule has 150 valence electrons. The first-order valence-corrected chi connectivity index (χ1v) is 9.89. The first kappa shape index (κ1) is 20.4. The minimum Gasteiger partial charge on any atom is -0.379 e. The van der Waals surface area contributed by atoms with Gasteiger partial charge in [0.25, 0.3) is 5.91 Å². The third-order valence-corrected chi connectivity index (χ3v) is 5.22. The zero-order valence-electron chi connectivity index (χ0n) is 17.4. The van der Waals surface area contributed by atoms with Gasteiger partial charge < -0.3 is 15.0 Å².